The number of cyclic esters (lactones) is 1. The van der Waals surface area contributed by atoms with Gasteiger partial charge in [0.05, 0.1) is 6.61 Å². The summed E-state index contributed by atoms with van der Waals surface area (Å²) < 4.78 is 23.0. The van der Waals surface area contributed by atoms with E-state index < -0.39 is 23.4 Å². The molecule has 132 valence electrons. The summed E-state index contributed by atoms with van der Waals surface area (Å²) in [4.78, 5) is 17.1. The summed E-state index contributed by atoms with van der Waals surface area (Å²) in [5.41, 5.74) is -0.358. The summed E-state index contributed by atoms with van der Waals surface area (Å²) in [7, 11) is 0. The first-order valence-electron chi connectivity index (χ1n) is 8.40. The highest BCUT2D eigenvalue weighted by atomic mass is 16.7. The van der Waals surface area contributed by atoms with Crippen LogP contribution in [-0.4, -0.2) is 48.1 Å². The van der Waals surface area contributed by atoms with Crippen LogP contribution >= 0.6 is 0 Å². The SMILES string of the molecule is CC1(C)OC[C@H]2O[C@H]([C@]3(C)N=C(c4ccccc4)OC3=O)C=C[C@@H]2O1. The van der Waals surface area contributed by atoms with Crippen LogP contribution < -0.4 is 0 Å². The van der Waals surface area contributed by atoms with E-state index >= 15 is 0 Å². The number of benzene rings is 1. The number of carbonyl (C=O) groups is 1. The quantitative estimate of drug-likeness (QED) is 0.608. The van der Waals surface area contributed by atoms with Crippen LogP contribution in [0.1, 0.15) is 26.3 Å². The first kappa shape index (κ1) is 16.4. The van der Waals surface area contributed by atoms with Crippen LogP contribution in [0.15, 0.2) is 47.5 Å². The van der Waals surface area contributed by atoms with Crippen molar-refractivity contribution in [3.63, 3.8) is 0 Å². The molecule has 6 heteroatoms. The summed E-state index contributed by atoms with van der Waals surface area (Å²) in [5.74, 6) is -0.738. The van der Waals surface area contributed by atoms with Gasteiger partial charge >= 0.3 is 5.97 Å². The van der Waals surface area contributed by atoms with Gasteiger partial charge in [-0.05, 0) is 32.9 Å². The zero-order valence-electron chi connectivity index (χ0n) is 14.5. The van der Waals surface area contributed by atoms with Crippen molar-refractivity contribution in [2.75, 3.05) is 6.61 Å². The maximum Gasteiger partial charge on any atom is 0.343 e. The fourth-order valence-corrected chi connectivity index (χ4v) is 3.21. The standard InChI is InChI=1S/C19H21NO5/c1-18(2)22-11-14-13(25-18)9-10-15(23-14)19(3)17(21)24-16(20-19)12-7-5-4-6-8-12/h4-10,13-15H,11H2,1-3H3/t13-,14+,15-,19-/m0/s1. The van der Waals surface area contributed by atoms with Crippen molar-refractivity contribution in [1.82, 2.24) is 0 Å². The summed E-state index contributed by atoms with van der Waals surface area (Å²) in [5, 5.41) is 0. The Hall–Kier alpha value is -2.02. The lowest BCUT2D eigenvalue weighted by Crippen LogP contribution is -2.55. The number of aliphatic imine (C=N–C) groups is 1. The van der Waals surface area contributed by atoms with Gasteiger partial charge in [0.15, 0.2) is 11.3 Å². The van der Waals surface area contributed by atoms with Crippen LogP contribution in [0.2, 0.25) is 0 Å². The molecule has 0 N–H and O–H groups in total. The third-order valence-corrected chi connectivity index (χ3v) is 4.69. The molecule has 0 bridgehead atoms. The lowest BCUT2D eigenvalue weighted by molar-refractivity contribution is -0.307. The normalized spacial score (nSPS) is 36.5. The van der Waals surface area contributed by atoms with E-state index in [1.54, 1.807) is 6.92 Å². The minimum atomic E-state index is -1.13. The van der Waals surface area contributed by atoms with Gasteiger partial charge in [-0.1, -0.05) is 30.4 Å². The minimum absolute atomic E-state index is 0.196. The van der Waals surface area contributed by atoms with Crippen LogP contribution in [0.3, 0.4) is 0 Å². The molecule has 1 aromatic carbocycles. The molecule has 3 aliphatic heterocycles. The molecule has 1 fully saturated rings. The highest BCUT2D eigenvalue weighted by Gasteiger charge is 2.51. The van der Waals surface area contributed by atoms with Gasteiger partial charge in [-0.2, -0.15) is 0 Å². The van der Waals surface area contributed by atoms with Crippen LogP contribution in [0, 0.1) is 0 Å². The van der Waals surface area contributed by atoms with E-state index in [9.17, 15) is 4.79 Å². The molecule has 25 heavy (non-hydrogen) atoms. The summed E-state index contributed by atoms with van der Waals surface area (Å²) in [6.07, 6.45) is 2.76. The van der Waals surface area contributed by atoms with Gasteiger partial charge in [0, 0.05) is 5.56 Å². The Bertz CT molecular complexity index is 741. The van der Waals surface area contributed by atoms with Crippen molar-refractivity contribution in [2.45, 2.75) is 50.4 Å². The predicted octanol–water partition coefficient (Wildman–Crippen LogP) is 2.22. The first-order chi connectivity index (χ1) is 11.9. The third-order valence-electron chi connectivity index (χ3n) is 4.69. The maximum atomic E-state index is 12.5. The molecule has 0 spiro atoms. The molecule has 0 aromatic heterocycles. The van der Waals surface area contributed by atoms with Crippen molar-refractivity contribution in [1.29, 1.82) is 0 Å². The number of fused-ring (bicyclic) bond motifs is 1. The van der Waals surface area contributed by atoms with Gasteiger partial charge in [0.1, 0.15) is 18.3 Å². The Morgan fingerprint density at radius 1 is 1.12 bits per heavy atom. The van der Waals surface area contributed by atoms with Crippen molar-refractivity contribution >= 4 is 11.9 Å². The molecule has 0 saturated carbocycles. The van der Waals surface area contributed by atoms with Crippen molar-refractivity contribution in [3.05, 3.63) is 48.0 Å². The average molecular weight is 343 g/mol. The van der Waals surface area contributed by atoms with Gasteiger partial charge in [-0.3, -0.25) is 0 Å². The molecule has 0 unspecified atom stereocenters. The summed E-state index contributed by atoms with van der Waals surface area (Å²) >= 11 is 0. The largest absolute Gasteiger partial charge is 0.405 e. The van der Waals surface area contributed by atoms with E-state index in [0.717, 1.165) is 5.56 Å². The lowest BCUT2D eigenvalue weighted by Gasteiger charge is -2.44. The summed E-state index contributed by atoms with van der Waals surface area (Å²) in [6.45, 7) is 5.87. The van der Waals surface area contributed by atoms with Gasteiger partial charge < -0.3 is 18.9 Å². The number of ether oxygens (including phenoxy) is 4. The fourth-order valence-electron chi connectivity index (χ4n) is 3.21. The number of esters is 1. The van der Waals surface area contributed by atoms with Crippen LogP contribution in [0.5, 0.6) is 0 Å². The molecule has 4 atom stereocenters. The molecule has 3 heterocycles. The van der Waals surface area contributed by atoms with Crippen LogP contribution in [0.4, 0.5) is 0 Å². The Labute approximate surface area is 146 Å². The van der Waals surface area contributed by atoms with E-state index in [2.05, 4.69) is 4.99 Å². The van der Waals surface area contributed by atoms with Crippen LogP contribution in [-0.2, 0) is 23.7 Å². The zero-order valence-corrected chi connectivity index (χ0v) is 14.5. The molecule has 0 amide bonds. The van der Waals surface area contributed by atoms with Crippen molar-refractivity contribution in [2.24, 2.45) is 4.99 Å². The monoisotopic (exact) mass is 343 g/mol. The van der Waals surface area contributed by atoms with Crippen LogP contribution in [0.25, 0.3) is 0 Å². The second kappa shape index (κ2) is 5.76. The highest BCUT2D eigenvalue weighted by molar-refractivity contribution is 6.08. The molecule has 0 radical (unpaired) electrons. The van der Waals surface area contributed by atoms with E-state index in [0.29, 0.717) is 12.5 Å². The smallest absolute Gasteiger partial charge is 0.343 e. The van der Waals surface area contributed by atoms with E-state index in [1.165, 1.54) is 0 Å². The highest BCUT2D eigenvalue weighted by Crippen LogP contribution is 2.35. The van der Waals surface area contributed by atoms with E-state index in [-0.39, 0.29) is 12.2 Å². The Morgan fingerprint density at radius 2 is 1.88 bits per heavy atom. The van der Waals surface area contributed by atoms with Gasteiger partial charge in [0.25, 0.3) is 0 Å². The molecule has 1 aromatic rings. The van der Waals surface area contributed by atoms with E-state index in [4.69, 9.17) is 18.9 Å². The molecule has 1 saturated heterocycles. The van der Waals surface area contributed by atoms with Gasteiger partial charge in [0.2, 0.25) is 5.90 Å². The number of nitrogens with zero attached hydrogens (tertiary/aromatic N) is 1. The fraction of sp³-hybridized carbons (Fsp3) is 0.474. The number of hydrogen-bond donors (Lipinski definition) is 0. The zero-order chi connectivity index (χ0) is 17.7. The number of rotatable bonds is 2. The Kier molecular flexibility index (Phi) is 3.79. The molecule has 0 aliphatic carbocycles. The Morgan fingerprint density at radius 3 is 2.64 bits per heavy atom. The molecular formula is C19H21NO5. The molecule has 6 nitrogen and oxygen atoms in total. The maximum absolute atomic E-state index is 12.5. The molecular weight excluding hydrogens is 322 g/mol. The van der Waals surface area contributed by atoms with Crippen molar-refractivity contribution < 1.29 is 23.7 Å². The van der Waals surface area contributed by atoms with Gasteiger partial charge in [-0.25, -0.2) is 9.79 Å². The topological polar surface area (TPSA) is 66.3 Å². The first-order valence-corrected chi connectivity index (χ1v) is 8.40. The average Bonchev–Trinajstić information content (AvgIpc) is 2.91. The van der Waals surface area contributed by atoms with Gasteiger partial charge in [-0.15, -0.1) is 0 Å². The van der Waals surface area contributed by atoms with Crippen molar-refractivity contribution in [3.8, 4) is 0 Å². The Balaban J connectivity index is 1.59. The predicted molar refractivity (Wildman–Crippen MR) is 90.2 cm³/mol. The second-order valence-corrected chi connectivity index (χ2v) is 7.09. The summed E-state index contributed by atoms with van der Waals surface area (Å²) in [6, 6.07) is 9.37. The molecule has 3 aliphatic rings. The third kappa shape index (κ3) is 2.90. The number of carbonyl (C=O) groups excluding carboxylic acids is 1. The van der Waals surface area contributed by atoms with E-state index in [1.807, 2.05) is 56.3 Å². The number of hydrogen-bond acceptors (Lipinski definition) is 6. The molecule has 4 rings (SSSR count). The lowest BCUT2D eigenvalue weighted by atomic mass is 9.92. The second-order valence-electron chi connectivity index (χ2n) is 7.09. The minimum Gasteiger partial charge on any atom is -0.405 e.